The molecule has 0 aromatic carbocycles. The third kappa shape index (κ3) is 84.2. The molecule has 0 spiro atoms. The van der Waals surface area contributed by atoms with Crippen LogP contribution in [-0.4, -0.2) is 5.24 Å². The molecule has 14 heavy (non-hydrogen) atoms. The first-order chi connectivity index (χ1) is 5.79. The molecule has 0 aliphatic rings. The van der Waals surface area contributed by atoms with Gasteiger partial charge in [0.05, 0.1) is 4.49 Å². The number of allylic oxidation sites excluding steroid dienone is 1. The highest BCUT2D eigenvalue weighted by Crippen LogP contribution is 1.98. The van der Waals surface area contributed by atoms with Crippen molar-refractivity contribution in [3.8, 4) is 0 Å². The smallest absolute Gasteiger partial charge is 0.247 e. The van der Waals surface area contributed by atoms with Crippen LogP contribution in [0.1, 0.15) is 6.92 Å². The normalized spacial score (nSPS) is 6.07. The minimum Gasteiger partial charge on any atom is -0.276 e. The average molecular weight is 300 g/mol. The molecule has 0 N–H and O–H groups in total. The lowest BCUT2D eigenvalue weighted by Crippen LogP contribution is -1.81. The number of halogens is 5. The van der Waals surface area contributed by atoms with Gasteiger partial charge >= 0.3 is 0 Å². The van der Waals surface area contributed by atoms with Crippen LogP contribution < -0.4 is 0 Å². The molecule has 0 unspecified atom stereocenters. The molecule has 0 aromatic heterocycles. The highest BCUT2D eigenvalue weighted by Gasteiger charge is 1.89. The quantitative estimate of drug-likeness (QED) is 0.489. The SMILES string of the molecule is C=C(C)C(=O)Cl.C=C(Cl)Cl.C=CCl.Cl. The fourth-order valence-corrected chi connectivity index (χ4v) is 0. The maximum Gasteiger partial charge on any atom is 0.247 e. The molecule has 0 rings (SSSR count). The van der Waals surface area contributed by atoms with Gasteiger partial charge in [-0.3, -0.25) is 4.79 Å². The van der Waals surface area contributed by atoms with Crippen molar-refractivity contribution in [3.05, 3.63) is 35.3 Å². The standard InChI is InChI=1S/C4H5ClO.C2H2Cl2.C2H3Cl.ClH/c1-3(2)4(5)6;1-2(3)4;1-2-3;/h1H2,2H3;1H2;2H,1H2;1H. The fourth-order valence-electron chi connectivity index (χ4n) is 0. The Balaban J connectivity index is -0.0000000553. The van der Waals surface area contributed by atoms with E-state index in [1.54, 1.807) is 6.92 Å². The van der Waals surface area contributed by atoms with Crippen molar-refractivity contribution in [2.45, 2.75) is 6.92 Å². The fraction of sp³-hybridized carbons (Fsp3) is 0.125. The molecule has 0 aliphatic carbocycles. The summed E-state index contributed by atoms with van der Waals surface area (Å²) in [5.74, 6) is 0. The topological polar surface area (TPSA) is 17.1 Å². The van der Waals surface area contributed by atoms with E-state index in [2.05, 4.69) is 19.7 Å². The first-order valence-electron chi connectivity index (χ1n) is 2.85. The molecule has 0 saturated heterocycles. The molecule has 0 heterocycles. The van der Waals surface area contributed by atoms with Gasteiger partial charge in [0.15, 0.2) is 0 Å². The van der Waals surface area contributed by atoms with Crippen molar-refractivity contribution in [2.24, 2.45) is 0 Å². The number of carbonyl (C=O) groups is 1. The highest BCUT2D eigenvalue weighted by molar-refractivity contribution is 6.67. The van der Waals surface area contributed by atoms with Crippen LogP contribution in [0.5, 0.6) is 0 Å². The maximum absolute atomic E-state index is 9.81. The molecule has 0 saturated carbocycles. The molecule has 0 fully saturated rings. The van der Waals surface area contributed by atoms with Crippen molar-refractivity contribution < 1.29 is 4.79 Å². The molecule has 0 aliphatic heterocycles. The summed E-state index contributed by atoms with van der Waals surface area (Å²) in [4.78, 5) is 9.81. The Hall–Kier alpha value is 0.340. The third-order valence-corrected chi connectivity index (χ3v) is 0.658. The third-order valence-electron chi connectivity index (χ3n) is 0.336. The van der Waals surface area contributed by atoms with Gasteiger partial charge in [0.1, 0.15) is 0 Å². The van der Waals surface area contributed by atoms with Crippen LogP contribution in [0.3, 0.4) is 0 Å². The van der Waals surface area contributed by atoms with E-state index in [0.29, 0.717) is 5.57 Å². The van der Waals surface area contributed by atoms with Gasteiger partial charge < -0.3 is 0 Å². The van der Waals surface area contributed by atoms with Gasteiger partial charge in [-0.1, -0.05) is 54.5 Å². The summed E-state index contributed by atoms with van der Waals surface area (Å²) in [6, 6.07) is 0. The van der Waals surface area contributed by atoms with Crippen molar-refractivity contribution in [1.82, 2.24) is 0 Å². The summed E-state index contributed by atoms with van der Waals surface area (Å²) in [6.45, 7) is 11.1. The summed E-state index contributed by atoms with van der Waals surface area (Å²) in [5.41, 5.74) is 1.61. The predicted octanol–water partition coefficient (Wildman–Crippen LogP) is 5.05. The number of hydrogen-bond donors (Lipinski definition) is 0. The Morgan fingerprint density at radius 1 is 1.21 bits per heavy atom. The zero-order chi connectivity index (χ0) is 11.4. The van der Waals surface area contributed by atoms with Gasteiger partial charge in [0.2, 0.25) is 5.24 Å². The maximum atomic E-state index is 9.81. The lowest BCUT2D eigenvalue weighted by atomic mass is 10.4. The summed E-state index contributed by atoms with van der Waals surface area (Å²) in [7, 11) is 0. The molecule has 0 aromatic rings. The van der Waals surface area contributed by atoms with Gasteiger partial charge in [-0.25, -0.2) is 0 Å². The molecule has 1 nitrogen and oxygen atoms in total. The molecule has 6 heteroatoms. The molecule has 0 atom stereocenters. The van der Waals surface area contributed by atoms with E-state index in [-0.39, 0.29) is 16.9 Å². The van der Waals surface area contributed by atoms with Crippen molar-refractivity contribution in [2.75, 3.05) is 0 Å². The second kappa shape index (κ2) is 19.0. The predicted molar refractivity (Wildman–Crippen MR) is 69.8 cm³/mol. The van der Waals surface area contributed by atoms with Gasteiger partial charge in [-0.15, -0.1) is 12.4 Å². The van der Waals surface area contributed by atoms with E-state index in [0.717, 1.165) is 0 Å². The summed E-state index contributed by atoms with van der Waals surface area (Å²) in [5, 5.41) is -0.463. The first kappa shape index (κ1) is 23.9. The van der Waals surface area contributed by atoms with Gasteiger partial charge in [0, 0.05) is 5.57 Å². The highest BCUT2D eigenvalue weighted by atomic mass is 35.5. The summed E-state index contributed by atoms with van der Waals surface area (Å²) < 4.78 is 0.111. The van der Waals surface area contributed by atoms with E-state index in [1.807, 2.05) is 0 Å². The lowest BCUT2D eigenvalue weighted by molar-refractivity contribution is -0.108. The number of carbonyl (C=O) groups excluding carboxylic acids is 1. The van der Waals surface area contributed by atoms with Gasteiger partial charge in [0.25, 0.3) is 0 Å². The van der Waals surface area contributed by atoms with Crippen LogP contribution in [0.15, 0.2) is 35.3 Å². The monoisotopic (exact) mass is 298 g/mol. The van der Waals surface area contributed by atoms with Gasteiger partial charge in [-0.2, -0.15) is 0 Å². The van der Waals surface area contributed by atoms with Crippen molar-refractivity contribution in [3.63, 3.8) is 0 Å². The Kier molecular flexibility index (Phi) is 32.4. The Morgan fingerprint density at radius 3 is 1.29 bits per heavy atom. The van der Waals surface area contributed by atoms with E-state index in [4.69, 9.17) is 46.4 Å². The molecular weight excluding hydrogens is 289 g/mol. The first-order valence-corrected chi connectivity index (χ1v) is 4.42. The van der Waals surface area contributed by atoms with E-state index < -0.39 is 5.24 Å². The lowest BCUT2D eigenvalue weighted by Gasteiger charge is -1.77. The van der Waals surface area contributed by atoms with Crippen LogP contribution in [-0.2, 0) is 4.79 Å². The second-order valence-corrected chi connectivity index (χ2v) is 3.30. The number of hydrogen-bond acceptors (Lipinski definition) is 1. The minimum atomic E-state index is -0.463. The zero-order valence-electron chi connectivity index (χ0n) is 7.53. The van der Waals surface area contributed by atoms with Crippen LogP contribution >= 0.6 is 58.8 Å². The minimum absolute atomic E-state index is 0. The largest absolute Gasteiger partial charge is 0.276 e. The second-order valence-electron chi connectivity index (χ2n) is 1.55. The molecule has 84 valence electrons. The van der Waals surface area contributed by atoms with E-state index in [1.165, 1.54) is 5.54 Å². The Labute approximate surface area is 111 Å². The van der Waals surface area contributed by atoms with Crippen LogP contribution in [0.2, 0.25) is 0 Å². The average Bonchev–Trinajstić information content (AvgIpc) is 1.87. The zero-order valence-corrected chi connectivity index (χ0v) is 11.4. The van der Waals surface area contributed by atoms with Crippen LogP contribution in [0.4, 0.5) is 0 Å². The molecular formula is C8H11Cl5O. The molecule has 0 radical (unpaired) electrons. The van der Waals surface area contributed by atoms with E-state index >= 15 is 0 Å². The summed E-state index contributed by atoms with van der Waals surface area (Å²) >= 11 is 19.3. The van der Waals surface area contributed by atoms with Crippen LogP contribution in [0, 0.1) is 0 Å². The van der Waals surface area contributed by atoms with Gasteiger partial charge in [-0.05, 0) is 24.1 Å². The van der Waals surface area contributed by atoms with E-state index in [9.17, 15) is 4.79 Å². The van der Waals surface area contributed by atoms with Crippen molar-refractivity contribution >= 4 is 64.1 Å². The number of rotatable bonds is 1. The Morgan fingerprint density at radius 2 is 1.29 bits per heavy atom. The Bertz CT molecular complexity index is 172. The van der Waals surface area contributed by atoms with Crippen molar-refractivity contribution in [1.29, 1.82) is 0 Å². The molecule has 0 bridgehead atoms. The van der Waals surface area contributed by atoms with Crippen LogP contribution in [0.25, 0.3) is 0 Å². The molecule has 0 amide bonds. The summed E-state index contributed by atoms with van der Waals surface area (Å²) in [6.07, 6.45) is 0.